The Balaban J connectivity index is 2.00. The molecular weight excluding hydrogens is 404 g/mol. The van der Waals surface area contributed by atoms with E-state index in [1.165, 1.54) is 0 Å². The minimum Gasteiger partial charge on any atom is -0.480 e. The summed E-state index contributed by atoms with van der Waals surface area (Å²) in [5.41, 5.74) is 4.52. The van der Waals surface area contributed by atoms with Crippen molar-refractivity contribution in [1.29, 1.82) is 0 Å². The van der Waals surface area contributed by atoms with Crippen molar-refractivity contribution < 1.29 is 9.90 Å². The highest BCUT2D eigenvalue weighted by molar-refractivity contribution is 5.81. The summed E-state index contributed by atoms with van der Waals surface area (Å²) < 4.78 is 3.84. The van der Waals surface area contributed by atoms with Gasteiger partial charge in [-0.15, -0.1) is 0 Å². The fraction of sp³-hybridized carbons (Fsp3) is 0.480. The zero-order valence-electron chi connectivity index (χ0n) is 19.7. The Morgan fingerprint density at radius 1 is 1.22 bits per heavy atom. The molecule has 0 amide bonds. The minimum atomic E-state index is -0.839. The van der Waals surface area contributed by atoms with Gasteiger partial charge in [-0.3, -0.25) is 9.59 Å². The highest BCUT2D eigenvalue weighted by Gasteiger charge is 2.21. The van der Waals surface area contributed by atoms with Gasteiger partial charge in [0.15, 0.2) is 0 Å². The van der Waals surface area contributed by atoms with E-state index in [0.29, 0.717) is 12.1 Å². The number of imidazole rings is 1. The molecule has 0 aliphatic carbocycles. The molecule has 3 rings (SSSR count). The van der Waals surface area contributed by atoms with Crippen LogP contribution in [-0.2, 0) is 24.9 Å². The fourth-order valence-corrected chi connectivity index (χ4v) is 4.09. The van der Waals surface area contributed by atoms with Crippen LogP contribution in [0.3, 0.4) is 0 Å². The second kappa shape index (κ2) is 10.1. The third-order valence-corrected chi connectivity index (χ3v) is 5.88. The van der Waals surface area contributed by atoms with Gasteiger partial charge in [-0.25, -0.2) is 4.98 Å². The van der Waals surface area contributed by atoms with Crippen molar-refractivity contribution in [3.8, 4) is 11.4 Å². The minimum absolute atomic E-state index is 0.00566. The van der Waals surface area contributed by atoms with Gasteiger partial charge in [0.05, 0.1) is 11.0 Å². The van der Waals surface area contributed by atoms with Gasteiger partial charge < -0.3 is 19.6 Å². The van der Waals surface area contributed by atoms with Gasteiger partial charge in [0.25, 0.3) is 5.56 Å². The van der Waals surface area contributed by atoms with E-state index in [4.69, 9.17) is 4.98 Å². The van der Waals surface area contributed by atoms with E-state index in [1.807, 2.05) is 45.2 Å². The normalized spacial score (nSPS) is 12.6. The molecular formula is C25H34N4O3. The number of unbranched alkanes of at least 4 members (excludes halogenated alkanes) is 2. The molecule has 172 valence electrons. The van der Waals surface area contributed by atoms with Crippen LogP contribution in [0.1, 0.15) is 51.2 Å². The predicted molar refractivity (Wildman–Crippen MR) is 128 cm³/mol. The first-order valence-corrected chi connectivity index (χ1v) is 11.4. The lowest BCUT2D eigenvalue weighted by Gasteiger charge is -2.17. The second-order valence-electron chi connectivity index (χ2n) is 8.89. The molecule has 0 spiro atoms. The predicted octanol–water partition coefficient (Wildman–Crippen LogP) is 4.10. The number of carboxylic acids is 1. The van der Waals surface area contributed by atoms with Crippen molar-refractivity contribution >= 4 is 17.0 Å². The molecule has 1 atom stereocenters. The Labute approximate surface area is 189 Å². The molecule has 7 nitrogen and oxygen atoms in total. The number of hydrogen-bond acceptors (Lipinski definition) is 4. The summed E-state index contributed by atoms with van der Waals surface area (Å²) in [7, 11) is 1.76. The Kier molecular flexibility index (Phi) is 7.51. The van der Waals surface area contributed by atoms with E-state index in [0.717, 1.165) is 53.8 Å². The van der Waals surface area contributed by atoms with Gasteiger partial charge >= 0.3 is 5.97 Å². The molecule has 1 aromatic carbocycles. The molecule has 0 saturated carbocycles. The van der Waals surface area contributed by atoms with Crippen molar-refractivity contribution in [3.63, 3.8) is 0 Å². The number of aryl methyl sites for hydroxylation is 3. The number of rotatable bonds is 10. The maximum atomic E-state index is 12.2. The molecule has 0 aliphatic rings. The summed E-state index contributed by atoms with van der Waals surface area (Å²) >= 11 is 0. The van der Waals surface area contributed by atoms with Crippen molar-refractivity contribution in [2.24, 2.45) is 13.0 Å². The number of carbonyl (C=O) groups is 1. The van der Waals surface area contributed by atoms with Crippen LogP contribution in [0.5, 0.6) is 0 Å². The van der Waals surface area contributed by atoms with Gasteiger partial charge in [0.2, 0.25) is 0 Å². The van der Waals surface area contributed by atoms with Gasteiger partial charge in [-0.1, -0.05) is 39.7 Å². The standard InChI is InChI=1S/C25H34N4O3/c1-6-7-8-11-29-21-10-9-18(14-26-22(16(2)3)25(31)32)13-20(21)27-23(29)19-12-17(4)24(30)28(5)15-19/h9-10,12-13,15-16,22,26H,6-8,11,14H2,1-5H3,(H,31,32). The fourth-order valence-electron chi connectivity index (χ4n) is 4.09. The van der Waals surface area contributed by atoms with E-state index in [9.17, 15) is 14.7 Å². The maximum Gasteiger partial charge on any atom is 0.320 e. The van der Waals surface area contributed by atoms with Crippen LogP contribution in [0, 0.1) is 12.8 Å². The van der Waals surface area contributed by atoms with Crippen molar-refractivity contribution in [2.45, 2.75) is 66.1 Å². The first-order chi connectivity index (χ1) is 15.2. The SMILES string of the molecule is CCCCCn1c(-c2cc(C)c(=O)n(C)c2)nc2cc(CNC(C(=O)O)C(C)C)ccc21. The number of aliphatic carboxylic acids is 1. The molecule has 0 fully saturated rings. The number of nitrogens with zero attached hydrogens (tertiary/aromatic N) is 3. The van der Waals surface area contributed by atoms with Crippen LogP contribution in [-0.4, -0.2) is 31.2 Å². The van der Waals surface area contributed by atoms with Gasteiger partial charge in [-0.05, 0) is 43.0 Å². The van der Waals surface area contributed by atoms with Crippen LogP contribution in [0.15, 0.2) is 35.3 Å². The highest BCUT2D eigenvalue weighted by atomic mass is 16.4. The van der Waals surface area contributed by atoms with Crippen LogP contribution in [0.2, 0.25) is 0 Å². The molecule has 2 N–H and O–H groups in total. The summed E-state index contributed by atoms with van der Waals surface area (Å²) in [5.74, 6) is 0.00713. The summed E-state index contributed by atoms with van der Waals surface area (Å²) in [6.45, 7) is 9.12. The smallest absolute Gasteiger partial charge is 0.320 e. The number of fused-ring (bicyclic) bond motifs is 1. The molecule has 0 saturated heterocycles. The molecule has 3 aromatic rings. The molecule has 1 unspecified atom stereocenters. The van der Waals surface area contributed by atoms with E-state index >= 15 is 0 Å². The summed E-state index contributed by atoms with van der Waals surface area (Å²) in [5, 5.41) is 12.6. The van der Waals surface area contributed by atoms with Gasteiger partial charge in [0.1, 0.15) is 11.9 Å². The van der Waals surface area contributed by atoms with E-state index < -0.39 is 12.0 Å². The summed E-state index contributed by atoms with van der Waals surface area (Å²) in [6.07, 6.45) is 5.17. The van der Waals surface area contributed by atoms with Crippen LogP contribution >= 0.6 is 0 Å². The van der Waals surface area contributed by atoms with E-state index in [2.05, 4.69) is 22.9 Å². The Morgan fingerprint density at radius 2 is 1.97 bits per heavy atom. The Morgan fingerprint density at radius 3 is 2.59 bits per heavy atom. The average Bonchev–Trinajstić information content (AvgIpc) is 3.09. The topological polar surface area (TPSA) is 89.2 Å². The Hall–Kier alpha value is -2.93. The average molecular weight is 439 g/mol. The first-order valence-electron chi connectivity index (χ1n) is 11.4. The van der Waals surface area contributed by atoms with Gasteiger partial charge in [-0.2, -0.15) is 0 Å². The molecule has 0 aliphatic heterocycles. The van der Waals surface area contributed by atoms with Crippen LogP contribution < -0.4 is 10.9 Å². The zero-order valence-corrected chi connectivity index (χ0v) is 19.7. The quantitative estimate of drug-likeness (QED) is 0.465. The molecule has 2 aromatic heterocycles. The van der Waals surface area contributed by atoms with E-state index in [1.54, 1.807) is 11.6 Å². The third-order valence-electron chi connectivity index (χ3n) is 5.88. The summed E-state index contributed by atoms with van der Waals surface area (Å²) in [4.78, 5) is 28.6. The second-order valence-corrected chi connectivity index (χ2v) is 8.89. The lowest BCUT2D eigenvalue weighted by molar-refractivity contribution is -0.140. The number of nitrogens with one attached hydrogen (secondary N) is 1. The molecule has 0 radical (unpaired) electrons. The number of pyridine rings is 1. The number of hydrogen-bond donors (Lipinski definition) is 2. The van der Waals surface area contributed by atoms with Crippen molar-refractivity contribution in [3.05, 3.63) is 51.9 Å². The number of benzene rings is 1. The maximum absolute atomic E-state index is 12.2. The van der Waals surface area contributed by atoms with Crippen molar-refractivity contribution in [2.75, 3.05) is 0 Å². The first kappa shape index (κ1) is 23.7. The number of carboxylic acid groups (broad SMARTS) is 1. The van der Waals surface area contributed by atoms with Crippen molar-refractivity contribution in [1.82, 2.24) is 19.4 Å². The molecule has 7 heteroatoms. The summed E-state index contributed by atoms with van der Waals surface area (Å²) in [6, 6.07) is 7.43. The number of aromatic nitrogens is 3. The highest BCUT2D eigenvalue weighted by Crippen LogP contribution is 2.26. The monoisotopic (exact) mass is 438 g/mol. The lowest BCUT2D eigenvalue weighted by atomic mass is 10.0. The Bertz CT molecular complexity index is 1130. The van der Waals surface area contributed by atoms with Gasteiger partial charge in [0, 0.05) is 37.5 Å². The third kappa shape index (κ3) is 5.10. The van der Waals surface area contributed by atoms with Crippen LogP contribution in [0.25, 0.3) is 22.4 Å². The molecule has 2 heterocycles. The molecule has 32 heavy (non-hydrogen) atoms. The molecule has 0 bridgehead atoms. The zero-order chi connectivity index (χ0) is 23.4. The van der Waals surface area contributed by atoms with Crippen LogP contribution in [0.4, 0.5) is 0 Å². The lowest BCUT2D eigenvalue weighted by Crippen LogP contribution is -2.40. The largest absolute Gasteiger partial charge is 0.480 e. The van der Waals surface area contributed by atoms with E-state index in [-0.39, 0.29) is 11.5 Å².